The van der Waals surface area contributed by atoms with Crippen LogP contribution < -0.4 is 4.74 Å². The maximum Gasteiger partial charge on any atom is 0.338 e. The summed E-state index contributed by atoms with van der Waals surface area (Å²) in [7, 11) is -1.94. The molecular formula is C61H110O7Si. The molecule has 2 atom stereocenters. The van der Waals surface area contributed by atoms with E-state index in [0.29, 0.717) is 32.0 Å². The highest BCUT2D eigenvalue weighted by molar-refractivity contribution is 6.74. The van der Waals surface area contributed by atoms with Crippen LogP contribution in [-0.4, -0.2) is 71.2 Å². The fourth-order valence-corrected chi connectivity index (χ4v) is 9.16. The van der Waals surface area contributed by atoms with Crippen LogP contribution in [0.2, 0.25) is 18.1 Å². The Morgan fingerprint density at radius 1 is 0.478 bits per heavy atom. The van der Waals surface area contributed by atoms with Gasteiger partial charge in [0.25, 0.3) is 0 Å². The van der Waals surface area contributed by atoms with Gasteiger partial charge < -0.3 is 28.5 Å². The van der Waals surface area contributed by atoms with Gasteiger partial charge in [-0.1, -0.05) is 264 Å². The largest absolute Gasteiger partial charge is 0.491 e. The van der Waals surface area contributed by atoms with Gasteiger partial charge in [-0.2, -0.15) is 0 Å². The Morgan fingerprint density at radius 3 is 1.20 bits per heavy atom. The molecule has 0 saturated heterocycles. The summed E-state index contributed by atoms with van der Waals surface area (Å²) < 4.78 is 29.2. The first-order valence-electron chi connectivity index (χ1n) is 28.9. The van der Waals surface area contributed by atoms with Crippen molar-refractivity contribution in [1.82, 2.24) is 0 Å². The average Bonchev–Trinajstić information content (AvgIpc) is 3.34. The highest BCUT2D eigenvalue weighted by Crippen LogP contribution is 2.36. The lowest BCUT2D eigenvalue weighted by Crippen LogP contribution is -2.44. The fourth-order valence-electron chi connectivity index (χ4n) is 8.12. The maximum absolute atomic E-state index is 12.6. The second kappa shape index (κ2) is 45.6. The molecule has 0 fully saturated rings. The van der Waals surface area contributed by atoms with E-state index in [1.165, 1.54) is 193 Å². The van der Waals surface area contributed by atoms with Gasteiger partial charge in [0.1, 0.15) is 24.6 Å². The Balaban J connectivity index is 0.000000714. The molecule has 0 aliphatic rings. The van der Waals surface area contributed by atoms with Crippen molar-refractivity contribution in [2.75, 3.05) is 39.6 Å². The van der Waals surface area contributed by atoms with E-state index in [1.807, 2.05) is 48.5 Å². The molecule has 8 heteroatoms. The fraction of sp³-hybridized carbons (Fsp3) is 0.787. The molecule has 7 nitrogen and oxygen atoms in total. The van der Waals surface area contributed by atoms with Crippen molar-refractivity contribution in [3.05, 3.63) is 66.2 Å². The summed E-state index contributed by atoms with van der Waals surface area (Å²) in [6, 6.07) is 18.8. The zero-order chi connectivity index (χ0) is 50.4. The third kappa shape index (κ3) is 40.0. The number of rotatable bonds is 46. The lowest BCUT2D eigenvalue weighted by Gasteiger charge is -2.37. The van der Waals surface area contributed by atoms with Gasteiger partial charge in [-0.25, -0.2) is 4.79 Å². The van der Waals surface area contributed by atoms with Gasteiger partial charge in [0, 0.05) is 13.2 Å². The van der Waals surface area contributed by atoms with Crippen molar-refractivity contribution in [2.24, 2.45) is 0 Å². The normalized spacial score (nSPS) is 12.6. The van der Waals surface area contributed by atoms with E-state index in [1.54, 1.807) is 12.1 Å². The number of hydrogen-bond donors (Lipinski definition) is 1. The molecule has 0 aliphatic carbocycles. The van der Waals surface area contributed by atoms with E-state index in [0.717, 1.165) is 25.2 Å². The predicted octanol–water partition coefficient (Wildman–Crippen LogP) is 18.2. The molecule has 0 aliphatic heterocycles. The van der Waals surface area contributed by atoms with Gasteiger partial charge in [-0.05, 0) is 55.2 Å². The van der Waals surface area contributed by atoms with Crippen LogP contribution >= 0.6 is 0 Å². The van der Waals surface area contributed by atoms with E-state index in [-0.39, 0.29) is 17.6 Å². The monoisotopic (exact) mass is 983 g/mol. The summed E-state index contributed by atoms with van der Waals surface area (Å²) in [4.78, 5) is 12.6. The maximum atomic E-state index is 12.6. The standard InChI is InChI=1S/C34H62O4Si.C27H48O3/c1-7-8-9-10-11-12-13-14-15-16-17-18-19-20-21-25-28-36-29-32(30-37-39(5,6)34(2,3)4)38-33(35)31-26-23-22-24-27-31;1-2-3-4-5-6-7-8-9-10-11-12-13-14-15-16-20-23-29-24-26(28)25-30-27-21-18-17-19-22-27/h22-24,26-27,32H,7-21,25,28-30H2,1-6H3;17-19,21-22,26,28H,2-16,20,23-25H2,1H3/t32-;26-/m11/s1. The molecule has 1 N–H and O–H groups in total. The van der Waals surface area contributed by atoms with E-state index in [2.05, 4.69) is 47.7 Å². The minimum Gasteiger partial charge on any atom is -0.491 e. The molecule has 2 aromatic rings. The number of aliphatic hydroxyl groups excluding tert-OH is 1. The molecule has 0 bridgehead atoms. The Bertz CT molecular complexity index is 1370. The van der Waals surface area contributed by atoms with Crippen LogP contribution in [0.4, 0.5) is 0 Å². The number of benzene rings is 2. The molecule has 0 heterocycles. The molecule has 2 rings (SSSR count). The second-order valence-electron chi connectivity index (χ2n) is 21.5. The SMILES string of the molecule is CCCCCCCCCCCCCCCCCCOC[C@@H](O)COc1ccccc1.CCCCCCCCCCCCCCCCCCOC[C@H](CO[Si](C)(C)C(C)(C)C)OC(=O)c1ccccc1. The minimum atomic E-state index is -1.94. The van der Waals surface area contributed by atoms with Crippen LogP contribution in [0.15, 0.2) is 60.7 Å². The van der Waals surface area contributed by atoms with Crippen LogP contribution in [0.3, 0.4) is 0 Å². The van der Waals surface area contributed by atoms with Crippen LogP contribution in [0.5, 0.6) is 5.75 Å². The van der Waals surface area contributed by atoms with E-state index >= 15 is 0 Å². The van der Waals surface area contributed by atoms with Crippen molar-refractivity contribution in [3.63, 3.8) is 0 Å². The molecular weight excluding hydrogens is 873 g/mol. The Morgan fingerprint density at radius 2 is 0.826 bits per heavy atom. The molecule has 0 spiro atoms. The van der Waals surface area contributed by atoms with Gasteiger partial charge in [-0.15, -0.1) is 0 Å². The van der Waals surface area contributed by atoms with Crippen LogP contribution in [0.1, 0.15) is 250 Å². The number of carbonyl (C=O) groups is 1. The quantitative estimate of drug-likeness (QED) is 0.0402. The first-order valence-corrected chi connectivity index (χ1v) is 31.8. The molecule has 0 amide bonds. The number of hydrogen-bond acceptors (Lipinski definition) is 7. The zero-order valence-electron chi connectivity index (χ0n) is 46.2. The Hall–Kier alpha value is -2.23. The van der Waals surface area contributed by atoms with Gasteiger partial charge in [0.05, 0.1) is 25.4 Å². The molecule has 2 aromatic carbocycles. The highest BCUT2D eigenvalue weighted by atomic mass is 28.4. The second-order valence-corrected chi connectivity index (χ2v) is 26.3. The van der Waals surface area contributed by atoms with Gasteiger partial charge in [0.2, 0.25) is 0 Å². The number of aliphatic hydroxyl groups is 1. The van der Waals surface area contributed by atoms with Crippen molar-refractivity contribution in [2.45, 2.75) is 270 Å². The molecule has 400 valence electrons. The summed E-state index contributed by atoms with van der Waals surface area (Å²) in [6.07, 6.45) is 42.9. The first kappa shape index (κ1) is 64.8. The van der Waals surface area contributed by atoms with Crippen LogP contribution in [0, 0.1) is 0 Å². The summed E-state index contributed by atoms with van der Waals surface area (Å²) in [5.41, 5.74) is 0.563. The van der Waals surface area contributed by atoms with E-state index < -0.39 is 20.5 Å². The lowest BCUT2D eigenvalue weighted by molar-refractivity contribution is -0.0222. The van der Waals surface area contributed by atoms with Gasteiger partial charge >= 0.3 is 5.97 Å². The average molecular weight is 984 g/mol. The van der Waals surface area contributed by atoms with Gasteiger partial charge in [0.15, 0.2) is 8.32 Å². The van der Waals surface area contributed by atoms with Crippen molar-refractivity contribution in [1.29, 1.82) is 0 Å². The highest BCUT2D eigenvalue weighted by Gasteiger charge is 2.38. The zero-order valence-corrected chi connectivity index (χ0v) is 47.2. The smallest absolute Gasteiger partial charge is 0.338 e. The Kier molecular flexibility index (Phi) is 42.8. The number of para-hydroxylation sites is 1. The molecule has 0 saturated carbocycles. The summed E-state index contributed by atoms with van der Waals surface area (Å²) >= 11 is 0. The molecule has 0 unspecified atom stereocenters. The van der Waals surface area contributed by atoms with E-state index in [9.17, 15) is 9.90 Å². The van der Waals surface area contributed by atoms with Crippen LogP contribution in [0.25, 0.3) is 0 Å². The lowest BCUT2D eigenvalue weighted by atomic mass is 10.0. The topological polar surface area (TPSA) is 83.5 Å². The third-order valence-corrected chi connectivity index (χ3v) is 18.3. The molecule has 0 radical (unpaired) electrons. The van der Waals surface area contributed by atoms with Crippen LogP contribution in [-0.2, 0) is 18.6 Å². The third-order valence-electron chi connectivity index (χ3n) is 13.8. The van der Waals surface area contributed by atoms with Crippen molar-refractivity contribution >= 4 is 14.3 Å². The number of carbonyl (C=O) groups excluding carboxylic acids is 1. The number of esters is 1. The minimum absolute atomic E-state index is 0.107. The summed E-state index contributed by atoms with van der Waals surface area (Å²) in [6.45, 7) is 18.5. The first-order chi connectivity index (χ1) is 33.5. The molecule has 69 heavy (non-hydrogen) atoms. The van der Waals surface area contributed by atoms with Crippen molar-refractivity contribution in [3.8, 4) is 5.75 Å². The molecule has 0 aromatic heterocycles. The summed E-state index contributed by atoms with van der Waals surface area (Å²) in [5, 5.41) is 10.0. The van der Waals surface area contributed by atoms with Crippen molar-refractivity contribution < 1.29 is 33.3 Å². The predicted molar refractivity (Wildman–Crippen MR) is 297 cm³/mol. The van der Waals surface area contributed by atoms with E-state index in [4.69, 9.17) is 23.4 Å². The Labute approximate surface area is 427 Å². The number of ether oxygens (including phenoxy) is 4. The van der Waals surface area contributed by atoms with Gasteiger partial charge in [-0.3, -0.25) is 0 Å². The summed E-state index contributed by atoms with van der Waals surface area (Å²) in [5.74, 6) is 0.472. The number of unbranched alkanes of at least 4 members (excludes halogenated alkanes) is 30.